The smallest absolute Gasteiger partial charge is 0.289 e. The Labute approximate surface area is 101 Å². The van der Waals surface area contributed by atoms with Gasteiger partial charge in [-0.25, -0.2) is 9.36 Å². The molecule has 0 aliphatic heterocycles. The molecule has 0 saturated heterocycles. The van der Waals surface area contributed by atoms with E-state index >= 15 is 0 Å². The van der Waals surface area contributed by atoms with Crippen LogP contribution in [0.5, 0.6) is 0 Å². The van der Waals surface area contributed by atoms with E-state index in [1.54, 1.807) is 37.5 Å². The van der Waals surface area contributed by atoms with Gasteiger partial charge < -0.3 is 0 Å². The highest BCUT2D eigenvalue weighted by Crippen LogP contribution is 2.04. The third kappa shape index (κ3) is 1.46. The molecule has 1 N–H and O–H groups in total. The number of fused-ring (bicyclic) bond motifs is 1. The number of H-pyrrole nitrogens is 1. The quantitative estimate of drug-likeness (QED) is 0.671. The van der Waals surface area contributed by atoms with Crippen molar-refractivity contribution >= 4 is 11.0 Å². The number of aromatic amines is 1. The van der Waals surface area contributed by atoms with Crippen molar-refractivity contribution < 1.29 is 0 Å². The number of nitrogens with one attached hydrogen (secondary N) is 1. The maximum Gasteiger partial charge on any atom is 0.334 e. The summed E-state index contributed by atoms with van der Waals surface area (Å²) < 4.78 is 2.60. The molecule has 0 bridgehead atoms. The second kappa shape index (κ2) is 3.69. The highest BCUT2D eigenvalue weighted by Gasteiger charge is 2.11. The number of benzene rings is 1. The highest BCUT2D eigenvalue weighted by atomic mass is 16.2. The molecule has 0 spiro atoms. The Morgan fingerprint density at radius 3 is 2.61 bits per heavy atom. The molecule has 0 amide bonds. The van der Waals surface area contributed by atoms with Crippen LogP contribution < -0.4 is 11.2 Å². The first-order valence-corrected chi connectivity index (χ1v) is 5.41. The molecule has 2 heterocycles. The van der Waals surface area contributed by atoms with Crippen molar-refractivity contribution in [1.29, 1.82) is 0 Å². The highest BCUT2D eigenvalue weighted by molar-refractivity contribution is 5.72. The average molecular weight is 242 g/mol. The molecule has 1 aromatic carbocycles. The fourth-order valence-electron chi connectivity index (χ4n) is 1.92. The summed E-state index contributed by atoms with van der Waals surface area (Å²) in [6.07, 6.45) is 1.59. The monoisotopic (exact) mass is 242 g/mol. The molecule has 6 nitrogen and oxygen atoms in total. The summed E-state index contributed by atoms with van der Waals surface area (Å²) in [4.78, 5) is 26.8. The molecular formula is C12H10N4O2. The zero-order valence-electron chi connectivity index (χ0n) is 9.62. The first kappa shape index (κ1) is 10.5. The Balaban J connectivity index is 2.44. The zero-order valence-corrected chi connectivity index (χ0v) is 9.62. The Hall–Kier alpha value is -2.63. The Morgan fingerprint density at radius 2 is 1.89 bits per heavy atom. The van der Waals surface area contributed by atoms with Gasteiger partial charge in [0.15, 0.2) is 5.65 Å². The number of hydrogen-bond acceptors (Lipinski definition) is 3. The molecule has 6 heteroatoms. The first-order chi connectivity index (χ1) is 8.66. The molecule has 3 rings (SSSR count). The van der Waals surface area contributed by atoms with E-state index in [4.69, 9.17) is 0 Å². The zero-order chi connectivity index (χ0) is 12.7. The van der Waals surface area contributed by atoms with Crippen LogP contribution >= 0.6 is 0 Å². The van der Waals surface area contributed by atoms with Gasteiger partial charge in [0.05, 0.1) is 5.69 Å². The normalized spacial score (nSPS) is 10.9. The predicted molar refractivity (Wildman–Crippen MR) is 66.9 cm³/mol. The van der Waals surface area contributed by atoms with Crippen molar-refractivity contribution in [1.82, 2.24) is 19.3 Å². The van der Waals surface area contributed by atoms with Gasteiger partial charge >= 0.3 is 5.69 Å². The largest absolute Gasteiger partial charge is 0.334 e. The van der Waals surface area contributed by atoms with Gasteiger partial charge in [-0.2, -0.15) is 5.10 Å². The summed E-state index contributed by atoms with van der Waals surface area (Å²) in [7, 11) is 1.70. The number of aromatic nitrogens is 4. The molecule has 0 fully saturated rings. The van der Waals surface area contributed by atoms with E-state index in [-0.39, 0.29) is 5.56 Å². The molecule has 0 aliphatic rings. The minimum Gasteiger partial charge on any atom is -0.289 e. The number of para-hydroxylation sites is 1. The maximum atomic E-state index is 12.3. The van der Waals surface area contributed by atoms with Gasteiger partial charge in [0.1, 0.15) is 5.39 Å². The second-order valence-corrected chi connectivity index (χ2v) is 3.97. The summed E-state index contributed by atoms with van der Waals surface area (Å²) in [5.41, 5.74) is -0.0142. The molecule has 18 heavy (non-hydrogen) atoms. The van der Waals surface area contributed by atoms with Crippen LogP contribution in [0.1, 0.15) is 0 Å². The fourth-order valence-corrected chi connectivity index (χ4v) is 1.92. The standard InChI is InChI=1S/C12H10N4O2/c1-15-7-9-10(14-15)13-12(18)16(11(9)17)8-5-3-2-4-6-8/h2-7H,1H3,(H,13,14,18). The van der Waals surface area contributed by atoms with Crippen molar-refractivity contribution in [2.45, 2.75) is 0 Å². The van der Waals surface area contributed by atoms with Crippen LogP contribution in [0.4, 0.5) is 0 Å². The lowest BCUT2D eigenvalue weighted by Gasteiger charge is -2.02. The van der Waals surface area contributed by atoms with E-state index in [1.165, 1.54) is 4.68 Å². The van der Waals surface area contributed by atoms with Gasteiger partial charge in [-0.15, -0.1) is 0 Å². The van der Waals surface area contributed by atoms with Crippen LogP contribution in [-0.4, -0.2) is 19.3 Å². The number of hydrogen-bond donors (Lipinski definition) is 1. The minimum atomic E-state index is -0.489. The van der Waals surface area contributed by atoms with Crippen molar-refractivity contribution in [3.63, 3.8) is 0 Å². The molecule has 0 aliphatic carbocycles. The Morgan fingerprint density at radius 1 is 1.17 bits per heavy atom. The fraction of sp³-hybridized carbons (Fsp3) is 0.0833. The lowest BCUT2D eigenvalue weighted by atomic mass is 10.3. The van der Waals surface area contributed by atoms with E-state index in [1.807, 2.05) is 6.07 Å². The van der Waals surface area contributed by atoms with Gasteiger partial charge in [0.25, 0.3) is 5.56 Å². The Kier molecular flexibility index (Phi) is 2.16. The minimum absolute atomic E-state index is 0.305. The van der Waals surface area contributed by atoms with Crippen LogP contribution in [0.2, 0.25) is 0 Å². The van der Waals surface area contributed by atoms with E-state index in [0.29, 0.717) is 16.7 Å². The predicted octanol–water partition coefficient (Wildman–Crippen LogP) is 0.412. The second-order valence-electron chi connectivity index (χ2n) is 3.97. The first-order valence-electron chi connectivity index (χ1n) is 5.41. The third-order valence-electron chi connectivity index (χ3n) is 2.71. The number of nitrogens with zero attached hydrogens (tertiary/aromatic N) is 3. The number of aryl methyl sites for hydroxylation is 1. The number of rotatable bonds is 1. The Bertz CT molecular complexity index is 827. The third-order valence-corrected chi connectivity index (χ3v) is 2.71. The lowest BCUT2D eigenvalue weighted by molar-refractivity contribution is 0.774. The molecule has 90 valence electrons. The van der Waals surface area contributed by atoms with Crippen molar-refractivity contribution in [3.05, 3.63) is 57.4 Å². The SMILES string of the molecule is Cn1cc2c(=O)n(-c3ccccc3)c(=O)[nH]c2n1. The van der Waals surface area contributed by atoms with E-state index < -0.39 is 5.69 Å². The van der Waals surface area contributed by atoms with E-state index in [2.05, 4.69) is 10.1 Å². The van der Waals surface area contributed by atoms with Crippen LogP contribution in [0, 0.1) is 0 Å². The molecule has 3 aromatic rings. The summed E-state index contributed by atoms with van der Waals surface area (Å²) in [5, 5.41) is 4.41. The van der Waals surface area contributed by atoms with E-state index in [9.17, 15) is 9.59 Å². The van der Waals surface area contributed by atoms with Crippen molar-refractivity contribution in [2.75, 3.05) is 0 Å². The lowest BCUT2D eigenvalue weighted by Crippen LogP contribution is -2.33. The van der Waals surface area contributed by atoms with Crippen molar-refractivity contribution in [2.24, 2.45) is 7.05 Å². The van der Waals surface area contributed by atoms with Crippen LogP contribution in [-0.2, 0) is 7.05 Å². The maximum absolute atomic E-state index is 12.3. The molecule has 0 unspecified atom stereocenters. The van der Waals surface area contributed by atoms with E-state index in [0.717, 1.165) is 4.57 Å². The summed E-state index contributed by atoms with van der Waals surface area (Å²) in [5.74, 6) is 0. The van der Waals surface area contributed by atoms with Gasteiger partial charge in [-0.05, 0) is 12.1 Å². The van der Waals surface area contributed by atoms with Gasteiger partial charge in [0.2, 0.25) is 0 Å². The van der Waals surface area contributed by atoms with Gasteiger partial charge in [-0.3, -0.25) is 14.5 Å². The van der Waals surface area contributed by atoms with Crippen molar-refractivity contribution in [3.8, 4) is 5.69 Å². The molecule has 0 radical (unpaired) electrons. The van der Waals surface area contributed by atoms with Gasteiger partial charge in [0, 0.05) is 13.2 Å². The molecule has 2 aromatic heterocycles. The van der Waals surface area contributed by atoms with Crippen LogP contribution in [0.15, 0.2) is 46.1 Å². The molecule has 0 atom stereocenters. The summed E-state index contributed by atoms with van der Waals surface area (Å²) in [6, 6.07) is 8.78. The summed E-state index contributed by atoms with van der Waals surface area (Å²) in [6.45, 7) is 0. The molecular weight excluding hydrogens is 232 g/mol. The molecule has 0 saturated carbocycles. The van der Waals surface area contributed by atoms with Crippen LogP contribution in [0.25, 0.3) is 16.7 Å². The van der Waals surface area contributed by atoms with Crippen LogP contribution in [0.3, 0.4) is 0 Å². The average Bonchev–Trinajstić information content (AvgIpc) is 2.71. The topological polar surface area (TPSA) is 72.7 Å². The summed E-state index contributed by atoms with van der Waals surface area (Å²) >= 11 is 0. The van der Waals surface area contributed by atoms with Gasteiger partial charge in [-0.1, -0.05) is 18.2 Å².